The van der Waals surface area contributed by atoms with Crippen LogP contribution >= 0.6 is 0 Å². The molecule has 1 aromatic rings. The molecule has 2 nitrogen and oxygen atoms in total. The van der Waals surface area contributed by atoms with Crippen molar-refractivity contribution in [1.29, 1.82) is 0 Å². The molecule has 0 bridgehead atoms. The number of hydrogen-bond donors (Lipinski definition) is 0. The average molecular weight is 139 g/mol. The van der Waals surface area contributed by atoms with Crippen molar-refractivity contribution in [3.63, 3.8) is 0 Å². The van der Waals surface area contributed by atoms with Crippen LogP contribution in [0.3, 0.4) is 0 Å². The van der Waals surface area contributed by atoms with Gasteiger partial charge in [0.25, 0.3) is 0 Å². The first-order valence-electron chi connectivity index (χ1n) is 3.46. The predicted octanol–water partition coefficient (Wildman–Crippen LogP) is 1.70. The summed E-state index contributed by atoms with van der Waals surface area (Å²) < 4.78 is 17.2. The molecule has 0 amide bonds. The van der Waals surface area contributed by atoms with Crippen LogP contribution < -0.4 is 9.47 Å². The van der Waals surface area contributed by atoms with Gasteiger partial charge in [0.1, 0.15) is 11.5 Å². The predicted molar refractivity (Wildman–Crippen MR) is 39.5 cm³/mol. The zero-order valence-electron chi connectivity index (χ0n) is 7.05. The Hall–Kier alpha value is -1.18. The van der Waals surface area contributed by atoms with Crippen LogP contribution in [0.2, 0.25) is 0 Å². The van der Waals surface area contributed by atoms with Gasteiger partial charge in [0.2, 0.25) is 0 Å². The third-order valence-corrected chi connectivity index (χ3v) is 1.21. The van der Waals surface area contributed by atoms with Gasteiger partial charge in [-0.3, -0.25) is 0 Å². The maximum atomic E-state index is 7.32. The molecule has 0 saturated carbocycles. The lowest BCUT2D eigenvalue weighted by molar-refractivity contribution is 0.394. The van der Waals surface area contributed by atoms with Gasteiger partial charge >= 0.3 is 0 Å². The van der Waals surface area contributed by atoms with Gasteiger partial charge in [-0.25, -0.2) is 0 Å². The zero-order valence-corrected chi connectivity index (χ0v) is 6.05. The Bertz CT molecular complexity index is 226. The van der Waals surface area contributed by atoms with Crippen LogP contribution in [-0.4, -0.2) is 14.2 Å². The lowest BCUT2D eigenvalue weighted by atomic mass is 10.3. The summed E-state index contributed by atoms with van der Waals surface area (Å²) >= 11 is 0. The number of methoxy groups -OCH3 is 2. The maximum Gasteiger partial charge on any atom is 0.122 e. The van der Waals surface area contributed by atoms with Crippen molar-refractivity contribution in [3.8, 4) is 11.5 Å². The van der Waals surface area contributed by atoms with Crippen molar-refractivity contribution >= 4 is 0 Å². The molecule has 0 aliphatic heterocycles. The Balaban J connectivity index is 3.02. The SMILES string of the molecule is [2H]c1cc(OC)cc(OC)c1. The second-order valence-electron chi connectivity index (χ2n) is 1.81. The van der Waals surface area contributed by atoms with Gasteiger partial charge in [-0.1, -0.05) is 6.04 Å². The van der Waals surface area contributed by atoms with E-state index < -0.39 is 0 Å². The Kier molecular flexibility index (Phi) is 1.74. The van der Waals surface area contributed by atoms with Crippen molar-refractivity contribution < 1.29 is 10.8 Å². The third kappa shape index (κ3) is 1.41. The minimum Gasteiger partial charge on any atom is -0.497 e. The summed E-state index contributed by atoms with van der Waals surface area (Å²) in [6, 6.07) is 5.38. The summed E-state index contributed by atoms with van der Waals surface area (Å²) in [5, 5.41) is 0. The molecule has 0 atom stereocenters. The first kappa shape index (κ1) is 5.59. The average Bonchev–Trinajstić information content (AvgIpc) is 2.03. The molecule has 0 aliphatic carbocycles. The quantitative estimate of drug-likeness (QED) is 0.621. The molecular formula is C8H10O2. The van der Waals surface area contributed by atoms with E-state index in [-0.39, 0.29) is 0 Å². The second kappa shape index (κ2) is 3.11. The zero-order chi connectivity index (χ0) is 8.27. The van der Waals surface area contributed by atoms with E-state index in [0.717, 1.165) is 0 Å². The topological polar surface area (TPSA) is 18.5 Å². The fraction of sp³-hybridized carbons (Fsp3) is 0.250. The number of ether oxygens (including phenoxy) is 2. The number of rotatable bonds is 2. The van der Waals surface area contributed by atoms with Crippen molar-refractivity contribution in [2.45, 2.75) is 0 Å². The van der Waals surface area contributed by atoms with Crippen LogP contribution in [0.5, 0.6) is 11.5 Å². The van der Waals surface area contributed by atoms with E-state index in [2.05, 4.69) is 0 Å². The fourth-order valence-corrected chi connectivity index (χ4v) is 0.665. The largest absolute Gasteiger partial charge is 0.497 e. The van der Waals surface area contributed by atoms with Crippen molar-refractivity contribution in [2.24, 2.45) is 0 Å². The van der Waals surface area contributed by atoms with E-state index in [1.54, 1.807) is 32.4 Å². The monoisotopic (exact) mass is 139 g/mol. The van der Waals surface area contributed by atoms with Crippen molar-refractivity contribution in [3.05, 3.63) is 24.2 Å². The van der Waals surface area contributed by atoms with E-state index in [9.17, 15) is 0 Å². The molecule has 54 valence electrons. The molecule has 0 aromatic heterocycles. The van der Waals surface area contributed by atoms with Crippen molar-refractivity contribution in [2.75, 3.05) is 14.2 Å². The smallest absolute Gasteiger partial charge is 0.122 e. The molecule has 0 aliphatic rings. The molecule has 0 heterocycles. The first-order chi connectivity index (χ1) is 5.26. The molecule has 1 rings (SSSR count). The second-order valence-corrected chi connectivity index (χ2v) is 1.81. The Morgan fingerprint density at radius 1 is 1.20 bits per heavy atom. The molecule has 10 heavy (non-hydrogen) atoms. The number of hydrogen-bond acceptors (Lipinski definition) is 2. The van der Waals surface area contributed by atoms with Crippen LogP contribution in [-0.2, 0) is 0 Å². The molecular weight excluding hydrogens is 128 g/mol. The van der Waals surface area contributed by atoms with Gasteiger partial charge in [-0.2, -0.15) is 0 Å². The highest BCUT2D eigenvalue weighted by molar-refractivity contribution is 5.32. The summed E-state index contributed by atoms with van der Waals surface area (Å²) in [5.74, 6) is 1.30. The maximum absolute atomic E-state index is 7.32. The van der Waals surface area contributed by atoms with Crippen LogP contribution in [0, 0.1) is 0 Å². The molecule has 0 saturated heterocycles. The normalized spacial score (nSPS) is 10.4. The van der Waals surface area contributed by atoms with E-state index in [4.69, 9.17) is 10.8 Å². The molecule has 1 aromatic carbocycles. The van der Waals surface area contributed by atoms with Gasteiger partial charge in [-0.15, -0.1) is 0 Å². The van der Waals surface area contributed by atoms with Gasteiger partial charge in [0, 0.05) is 6.07 Å². The highest BCUT2D eigenvalue weighted by Crippen LogP contribution is 2.17. The number of benzene rings is 1. The molecule has 0 radical (unpaired) electrons. The fourth-order valence-electron chi connectivity index (χ4n) is 0.665. The highest BCUT2D eigenvalue weighted by atomic mass is 16.5. The van der Waals surface area contributed by atoms with Crippen molar-refractivity contribution in [1.82, 2.24) is 0 Å². The van der Waals surface area contributed by atoms with E-state index >= 15 is 0 Å². The lowest BCUT2D eigenvalue weighted by Gasteiger charge is -2.01. The van der Waals surface area contributed by atoms with Crippen LogP contribution in [0.25, 0.3) is 0 Å². The standard InChI is InChI=1S/C8H10O2/c1-9-7-4-3-5-8(6-7)10-2/h3-6H,1-2H3/i3D. The Labute approximate surface area is 61.8 Å². The molecule has 2 heteroatoms. The van der Waals surface area contributed by atoms with Gasteiger partial charge < -0.3 is 9.47 Å². The van der Waals surface area contributed by atoms with E-state index in [1.807, 2.05) is 0 Å². The summed E-state index contributed by atoms with van der Waals surface area (Å²) in [6.07, 6.45) is 0. The minimum absolute atomic E-state index is 0.390. The first-order valence-corrected chi connectivity index (χ1v) is 2.96. The van der Waals surface area contributed by atoms with Gasteiger partial charge in [0.05, 0.1) is 15.6 Å². The summed E-state index contributed by atoms with van der Waals surface area (Å²) in [7, 11) is 3.13. The van der Waals surface area contributed by atoms with E-state index in [1.165, 1.54) is 0 Å². The van der Waals surface area contributed by atoms with Gasteiger partial charge in [0.15, 0.2) is 0 Å². The third-order valence-electron chi connectivity index (χ3n) is 1.21. The lowest BCUT2D eigenvalue weighted by Crippen LogP contribution is -1.84. The Morgan fingerprint density at radius 3 is 2.10 bits per heavy atom. The molecule has 0 N–H and O–H groups in total. The molecule has 0 unspecified atom stereocenters. The Morgan fingerprint density at radius 2 is 1.70 bits per heavy atom. The minimum atomic E-state index is 0.390. The summed E-state index contributed by atoms with van der Waals surface area (Å²) in [4.78, 5) is 0. The van der Waals surface area contributed by atoms with Gasteiger partial charge in [-0.05, 0) is 12.1 Å². The molecule has 0 spiro atoms. The van der Waals surface area contributed by atoms with Crippen LogP contribution in [0.15, 0.2) is 24.2 Å². The highest BCUT2D eigenvalue weighted by Gasteiger charge is 1.91. The van der Waals surface area contributed by atoms with Crippen LogP contribution in [0.1, 0.15) is 1.37 Å². The van der Waals surface area contributed by atoms with E-state index in [0.29, 0.717) is 17.5 Å². The van der Waals surface area contributed by atoms with Crippen LogP contribution in [0.4, 0.5) is 0 Å². The molecule has 0 fully saturated rings. The summed E-state index contributed by atoms with van der Waals surface area (Å²) in [6.45, 7) is 0. The summed E-state index contributed by atoms with van der Waals surface area (Å²) in [5.41, 5.74) is 0.